The van der Waals surface area contributed by atoms with E-state index in [9.17, 15) is 4.79 Å². The van der Waals surface area contributed by atoms with Crippen LogP contribution in [-0.4, -0.2) is 39.6 Å². The zero-order chi connectivity index (χ0) is 16.5. The van der Waals surface area contributed by atoms with Gasteiger partial charge < -0.3 is 14.8 Å². The van der Waals surface area contributed by atoms with Crippen molar-refractivity contribution < 1.29 is 4.79 Å². The van der Waals surface area contributed by atoms with Crippen LogP contribution in [0.25, 0.3) is 11.0 Å². The summed E-state index contributed by atoms with van der Waals surface area (Å²) in [7, 11) is 2.08. The molecular weight excluding hydrogens is 300 g/mol. The van der Waals surface area contributed by atoms with E-state index in [1.807, 2.05) is 17.0 Å². The summed E-state index contributed by atoms with van der Waals surface area (Å²) in [5.41, 5.74) is 2.21. The van der Waals surface area contributed by atoms with Gasteiger partial charge in [0.1, 0.15) is 5.82 Å². The van der Waals surface area contributed by atoms with Gasteiger partial charge in [0.05, 0.1) is 11.0 Å². The predicted octanol–water partition coefficient (Wildman–Crippen LogP) is 3.40. The van der Waals surface area contributed by atoms with E-state index in [-0.39, 0.29) is 6.03 Å². The number of nitrogens with zero attached hydrogens (tertiary/aromatic N) is 3. The van der Waals surface area contributed by atoms with E-state index >= 15 is 0 Å². The van der Waals surface area contributed by atoms with Crippen LogP contribution in [0.4, 0.5) is 4.79 Å². The first-order chi connectivity index (χ1) is 11.7. The van der Waals surface area contributed by atoms with Crippen LogP contribution in [0.5, 0.6) is 0 Å². The Morgan fingerprint density at radius 3 is 2.75 bits per heavy atom. The monoisotopic (exact) mass is 326 g/mol. The topological polar surface area (TPSA) is 50.2 Å². The van der Waals surface area contributed by atoms with Crippen LogP contribution in [0.2, 0.25) is 0 Å². The Morgan fingerprint density at radius 2 is 1.96 bits per heavy atom. The molecular formula is C19H26N4O. The van der Waals surface area contributed by atoms with Gasteiger partial charge in [-0.15, -0.1) is 0 Å². The van der Waals surface area contributed by atoms with E-state index in [0.29, 0.717) is 12.0 Å². The zero-order valence-corrected chi connectivity index (χ0v) is 14.4. The van der Waals surface area contributed by atoms with Gasteiger partial charge in [0.2, 0.25) is 0 Å². The van der Waals surface area contributed by atoms with Crippen molar-refractivity contribution >= 4 is 17.1 Å². The number of aryl methyl sites for hydroxylation is 1. The number of carbonyl (C=O) groups is 1. The average molecular weight is 326 g/mol. The summed E-state index contributed by atoms with van der Waals surface area (Å²) in [6, 6.07) is 8.73. The molecule has 1 aliphatic carbocycles. The Morgan fingerprint density at radius 1 is 1.17 bits per heavy atom. The molecule has 1 saturated heterocycles. The van der Waals surface area contributed by atoms with Gasteiger partial charge >= 0.3 is 6.03 Å². The Hall–Kier alpha value is -2.04. The summed E-state index contributed by atoms with van der Waals surface area (Å²) in [6.45, 7) is 1.60. The summed E-state index contributed by atoms with van der Waals surface area (Å²) in [5.74, 6) is 1.43. The summed E-state index contributed by atoms with van der Waals surface area (Å²) < 4.78 is 2.18. The first kappa shape index (κ1) is 15.5. The number of imidazole rings is 1. The summed E-state index contributed by atoms with van der Waals surface area (Å²) >= 11 is 0. The SMILES string of the molecule is Cn1c([C@H]2CCN(C(=O)NC3CCCCC3)C2)nc2ccccc21. The van der Waals surface area contributed by atoms with Crippen LogP contribution in [0.15, 0.2) is 24.3 Å². The molecule has 1 atom stereocenters. The number of aromatic nitrogens is 2. The van der Waals surface area contributed by atoms with Crippen molar-refractivity contribution in [3.63, 3.8) is 0 Å². The van der Waals surface area contributed by atoms with Gasteiger partial charge in [-0.25, -0.2) is 9.78 Å². The third-order valence-corrected chi connectivity index (χ3v) is 5.60. The van der Waals surface area contributed by atoms with Gasteiger partial charge in [-0.2, -0.15) is 0 Å². The maximum Gasteiger partial charge on any atom is 0.317 e. The van der Waals surface area contributed by atoms with Crippen LogP contribution < -0.4 is 5.32 Å². The number of rotatable bonds is 2. The molecule has 0 spiro atoms. The third kappa shape index (κ3) is 2.87. The lowest BCUT2D eigenvalue weighted by atomic mass is 9.96. The highest BCUT2D eigenvalue weighted by Crippen LogP contribution is 2.29. The van der Waals surface area contributed by atoms with Crippen molar-refractivity contribution in [2.45, 2.75) is 50.5 Å². The summed E-state index contributed by atoms with van der Waals surface area (Å²) in [6.07, 6.45) is 7.06. The highest BCUT2D eigenvalue weighted by Gasteiger charge is 2.31. The van der Waals surface area contributed by atoms with E-state index in [2.05, 4.69) is 29.1 Å². The molecule has 0 radical (unpaired) electrons. The minimum Gasteiger partial charge on any atom is -0.335 e. The van der Waals surface area contributed by atoms with Crippen LogP contribution >= 0.6 is 0 Å². The lowest BCUT2D eigenvalue weighted by molar-refractivity contribution is 0.200. The fraction of sp³-hybridized carbons (Fsp3) is 0.579. The second kappa shape index (κ2) is 6.46. The highest BCUT2D eigenvalue weighted by atomic mass is 16.2. The van der Waals surface area contributed by atoms with Crippen molar-refractivity contribution in [3.05, 3.63) is 30.1 Å². The first-order valence-electron chi connectivity index (χ1n) is 9.19. The number of urea groups is 1. The quantitative estimate of drug-likeness (QED) is 0.919. The van der Waals surface area contributed by atoms with Gasteiger partial charge in [-0.1, -0.05) is 31.4 Å². The molecule has 2 aliphatic rings. The zero-order valence-electron chi connectivity index (χ0n) is 14.4. The third-order valence-electron chi connectivity index (χ3n) is 5.60. The maximum absolute atomic E-state index is 12.5. The summed E-state index contributed by atoms with van der Waals surface area (Å²) in [5, 5.41) is 3.23. The molecule has 1 aromatic carbocycles. The van der Waals surface area contributed by atoms with Crippen molar-refractivity contribution in [1.29, 1.82) is 0 Å². The molecule has 2 fully saturated rings. The smallest absolute Gasteiger partial charge is 0.317 e. The number of fused-ring (bicyclic) bond motifs is 1. The van der Waals surface area contributed by atoms with Crippen molar-refractivity contribution in [1.82, 2.24) is 19.8 Å². The largest absolute Gasteiger partial charge is 0.335 e. The van der Waals surface area contributed by atoms with Crippen molar-refractivity contribution in [3.8, 4) is 0 Å². The standard InChI is InChI=1S/C19H26N4O/c1-22-17-10-6-5-9-16(17)21-18(22)14-11-12-23(13-14)19(24)20-15-7-3-2-4-8-15/h5-6,9-10,14-15H,2-4,7-8,11-13H2,1H3,(H,20,24)/t14-/m0/s1. The Kier molecular flexibility index (Phi) is 4.17. The molecule has 1 saturated carbocycles. The molecule has 128 valence electrons. The predicted molar refractivity (Wildman–Crippen MR) is 95.0 cm³/mol. The van der Waals surface area contributed by atoms with Crippen molar-refractivity contribution in [2.24, 2.45) is 7.05 Å². The molecule has 4 rings (SSSR count). The molecule has 2 heterocycles. The van der Waals surface area contributed by atoms with Crippen LogP contribution in [0, 0.1) is 0 Å². The second-order valence-electron chi connectivity index (χ2n) is 7.23. The number of amides is 2. The molecule has 0 unspecified atom stereocenters. The fourth-order valence-corrected chi connectivity index (χ4v) is 4.20. The van der Waals surface area contributed by atoms with E-state index < -0.39 is 0 Å². The second-order valence-corrected chi connectivity index (χ2v) is 7.23. The normalized spacial score (nSPS) is 22.2. The van der Waals surface area contributed by atoms with Gasteiger partial charge in [-0.05, 0) is 31.4 Å². The van der Waals surface area contributed by atoms with Crippen molar-refractivity contribution in [2.75, 3.05) is 13.1 Å². The Balaban J connectivity index is 1.43. The minimum absolute atomic E-state index is 0.114. The number of hydrogen-bond acceptors (Lipinski definition) is 2. The molecule has 1 N–H and O–H groups in total. The van der Waals surface area contributed by atoms with Crippen LogP contribution in [-0.2, 0) is 7.05 Å². The van der Waals surface area contributed by atoms with Crippen LogP contribution in [0.1, 0.15) is 50.3 Å². The van der Waals surface area contributed by atoms with E-state index in [0.717, 1.165) is 49.2 Å². The number of benzene rings is 1. The lowest BCUT2D eigenvalue weighted by Crippen LogP contribution is -2.44. The number of carbonyl (C=O) groups excluding carboxylic acids is 1. The number of para-hydroxylation sites is 2. The molecule has 24 heavy (non-hydrogen) atoms. The number of nitrogens with one attached hydrogen (secondary N) is 1. The molecule has 5 nitrogen and oxygen atoms in total. The molecule has 2 amide bonds. The van der Waals surface area contributed by atoms with Gasteiger partial charge in [0.15, 0.2) is 0 Å². The Bertz CT molecular complexity index is 732. The summed E-state index contributed by atoms with van der Waals surface area (Å²) in [4.78, 5) is 19.3. The van der Waals surface area contributed by atoms with Gasteiger partial charge in [0.25, 0.3) is 0 Å². The maximum atomic E-state index is 12.5. The molecule has 5 heteroatoms. The average Bonchev–Trinajstić information content (AvgIpc) is 3.21. The molecule has 1 aliphatic heterocycles. The first-order valence-corrected chi connectivity index (χ1v) is 9.19. The number of hydrogen-bond donors (Lipinski definition) is 1. The lowest BCUT2D eigenvalue weighted by Gasteiger charge is -2.26. The minimum atomic E-state index is 0.114. The van der Waals surface area contributed by atoms with Crippen LogP contribution in [0.3, 0.4) is 0 Å². The van der Waals surface area contributed by atoms with Gasteiger partial charge in [0, 0.05) is 32.1 Å². The number of likely N-dealkylation sites (tertiary alicyclic amines) is 1. The Labute approximate surface area is 143 Å². The fourth-order valence-electron chi connectivity index (χ4n) is 4.20. The molecule has 0 bridgehead atoms. The van der Waals surface area contributed by atoms with E-state index in [4.69, 9.17) is 4.98 Å². The van der Waals surface area contributed by atoms with E-state index in [1.54, 1.807) is 0 Å². The molecule has 2 aromatic rings. The molecule has 1 aromatic heterocycles. The van der Waals surface area contributed by atoms with E-state index in [1.165, 1.54) is 19.3 Å². The highest BCUT2D eigenvalue weighted by molar-refractivity contribution is 5.76. The van der Waals surface area contributed by atoms with Gasteiger partial charge in [-0.3, -0.25) is 0 Å².